The lowest BCUT2D eigenvalue weighted by atomic mass is 10.1. The predicted octanol–water partition coefficient (Wildman–Crippen LogP) is 0.959. The molecule has 1 saturated heterocycles. The summed E-state index contributed by atoms with van der Waals surface area (Å²) in [6.45, 7) is 1.73. The molecule has 1 fully saturated rings. The Morgan fingerprint density at radius 3 is 2.79 bits per heavy atom. The smallest absolute Gasteiger partial charge is 0.228 e. The number of halogens is 1. The van der Waals surface area contributed by atoms with Gasteiger partial charge in [-0.2, -0.15) is 0 Å². The van der Waals surface area contributed by atoms with Crippen LogP contribution >= 0.6 is 15.9 Å². The summed E-state index contributed by atoms with van der Waals surface area (Å²) in [5, 5.41) is 0.328. The first-order valence-corrected chi connectivity index (χ1v) is 6.66. The Morgan fingerprint density at radius 1 is 1.64 bits per heavy atom. The van der Waals surface area contributed by atoms with Gasteiger partial charge in [-0.15, -0.1) is 0 Å². The molecular formula is C8H11BrN2O2S. The summed E-state index contributed by atoms with van der Waals surface area (Å²) in [6.07, 6.45) is 2.26. The van der Waals surface area contributed by atoms with Crippen LogP contribution < -0.4 is 0 Å². The van der Waals surface area contributed by atoms with E-state index in [1.54, 1.807) is 0 Å². The summed E-state index contributed by atoms with van der Waals surface area (Å²) in [4.78, 5) is 6.10. The normalized spacial score (nSPS) is 31.7. The Bertz CT molecular complexity index is 413. The van der Waals surface area contributed by atoms with E-state index in [0.29, 0.717) is 5.04 Å². The monoisotopic (exact) mass is 278 g/mol. The molecule has 6 heteroatoms. The van der Waals surface area contributed by atoms with E-state index < -0.39 is 9.84 Å². The highest BCUT2D eigenvalue weighted by Gasteiger charge is 2.36. The lowest BCUT2D eigenvalue weighted by molar-refractivity contribution is 0.411. The molecule has 0 aromatic carbocycles. The Morgan fingerprint density at radius 2 is 2.36 bits per heavy atom. The fourth-order valence-electron chi connectivity index (χ4n) is 1.81. The second-order valence-electron chi connectivity index (χ2n) is 3.65. The van der Waals surface area contributed by atoms with E-state index in [0.717, 1.165) is 19.5 Å². The van der Waals surface area contributed by atoms with Crippen LogP contribution in [-0.4, -0.2) is 38.5 Å². The fourth-order valence-corrected chi connectivity index (χ4v) is 3.63. The third-order valence-corrected chi connectivity index (χ3v) is 5.66. The van der Waals surface area contributed by atoms with Crippen LogP contribution in [0, 0.1) is 5.92 Å². The van der Waals surface area contributed by atoms with E-state index in [1.165, 1.54) is 6.20 Å². The highest BCUT2D eigenvalue weighted by Crippen LogP contribution is 2.29. The van der Waals surface area contributed by atoms with Gasteiger partial charge in [0.05, 0.1) is 6.20 Å². The minimum atomic E-state index is -3.27. The van der Waals surface area contributed by atoms with Gasteiger partial charge in [-0.05, 0) is 35.9 Å². The van der Waals surface area contributed by atoms with E-state index in [1.807, 2.05) is 7.05 Å². The number of hydrogen-bond acceptors (Lipinski definition) is 4. The number of aliphatic imine (C=N–C) groups is 1. The highest BCUT2D eigenvalue weighted by molar-refractivity contribution is 9.14. The van der Waals surface area contributed by atoms with Crippen LogP contribution in [0.3, 0.4) is 0 Å². The molecule has 1 atom stereocenters. The van der Waals surface area contributed by atoms with Crippen LogP contribution in [0.25, 0.3) is 0 Å². The zero-order valence-corrected chi connectivity index (χ0v) is 10.2. The van der Waals surface area contributed by atoms with Crippen molar-refractivity contribution >= 4 is 30.8 Å². The van der Waals surface area contributed by atoms with E-state index >= 15 is 0 Å². The van der Waals surface area contributed by atoms with Crippen molar-refractivity contribution in [2.45, 2.75) is 6.42 Å². The maximum absolute atomic E-state index is 11.7. The van der Waals surface area contributed by atoms with Crippen molar-refractivity contribution in [3.63, 3.8) is 0 Å². The predicted molar refractivity (Wildman–Crippen MR) is 59.0 cm³/mol. The first-order valence-electron chi connectivity index (χ1n) is 4.39. The molecule has 2 aliphatic rings. The van der Waals surface area contributed by atoms with Crippen molar-refractivity contribution in [2.75, 3.05) is 20.1 Å². The largest absolute Gasteiger partial charge is 0.306 e. The maximum atomic E-state index is 11.7. The Hall–Kier alpha value is -0.200. The Balaban J connectivity index is 2.24. The number of nitrogens with zero attached hydrogens (tertiary/aromatic N) is 2. The quantitative estimate of drug-likeness (QED) is 0.718. The van der Waals surface area contributed by atoms with Crippen molar-refractivity contribution in [3.8, 4) is 0 Å². The second-order valence-corrected chi connectivity index (χ2v) is 6.90. The van der Waals surface area contributed by atoms with Gasteiger partial charge in [0.25, 0.3) is 0 Å². The summed E-state index contributed by atoms with van der Waals surface area (Å²) < 4.78 is 23.6. The summed E-state index contributed by atoms with van der Waals surface area (Å²) in [6, 6.07) is 0. The van der Waals surface area contributed by atoms with Crippen molar-refractivity contribution in [1.82, 2.24) is 4.90 Å². The summed E-state index contributed by atoms with van der Waals surface area (Å²) in [5.41, 5.74) is 0. The lowest BCUT2D eigenvalue weighted by Gasteiger charge is -2.09. The molecule has 0 aliphatic carbocycles. The molecule has 78 valence electrons. The molecule has 0 aromatic rings. The van der Waals surface area contributed by atoms with E-state index in [4.69, 9.17) is 0 Å². The molecule has 2 aliphatic heterocycles. The number of rotatable bonds is 1. The molecule has 0 amide bonds. The van der Waals surface area contributed by atoms with Gasteiger partial charge in [0.15, 0.2) is 0 Å². The summed E-state index contributed by atoms with van der Waals surface area (Å²) >= 11 is 3.01. The minimum absolute atomic E-state index is 0.0660. The van der Waals surface area contributed by atoms with Crippen LogP contribution in [0.4, 0.5) is 0 Å². The first kappa shape index (κ1) is 10.3. The third-order valence-electron chi connectivity index (χ3n) is 2.57. The van der Waals surface area contributed by atoms with Crippen LogP contribution in [0.1, 0.15) is 6.42 Å². The lowest BCUT2D eigenvalue weighted by Crippen LogP contribution is -2.24. The van der Waals surface area contributed by atoms with Crippen molar-refractivity contribution in [3.05, 3.63) is 10.0 Å². The summed E-state index contributed by atoms with van der Waals surface area (Å²) in [7, 11) is -1.28. The number of sulfone groups is 1. The van der Waals surface area contributed by atoms with Crippen LogP contribution in [0.15, 0.2) is 15.0 Å². The maximum Gasteiger partial charge on any atom is 0.228 e. The molecule has 0 radical (unpaired) electrons. The number of likely N-dealkylation sites (tertiary alicyclic amines) is 1. The molecule has 2 heterocycles. The SMILES string of the molecule is CN1CCC(C2=NC=C(Br)S2(=O)=O)C1. The first-order chi connectivity index (χ1) is 6.51. The topological polar surface area (TPSA) is 49.7 Å². The number of hydrogen-bond donors (Lipinski definition) is 0. The fraction of sp³-hybridized carbons (Fsp3) is 0.625. The molecule has 4 nitrogen and oxygen atoms in total. The molecule has 0 bridgehead atoms. The third kappa shape index (κ3) is 1.55. The van der Waals surface area contributed by atoms with E-state index in [9.17, 15) is 8.42 Å². The van der Waals surface area contributed by atoms with Gasteiger partial charge in [-0.1, -0.05) is 0 Å². The summed E-state index contributed by atoms with van der Waals surface area (Å²) in [5.74, 6) is 0.0660. The van der Waals surface area contributed by atoms with E-state index in [-0.39, 0.29) is 9.73 Å². The van der Waals surface area contributed by atoms with Crippen molar-refractivity contribution in [1.29, 1.82) is 0 Å². The Kier molecular flexibility index (Phi) is 2.53. The average Bonchev–Trinajstić information content (AvgIpc) is 2.60. The van der Waals surface area contributed by atoms with Gasteiger partial charge in [0.2, 0.25) is 9.84 Å². The minimum Gasteiger partial charge on any atom is -0.306 e. The van der Waals surface area contributed by atoms with Crippen LogP contribution in [-0.2, 0) is 9.84 Å². The van der Waals surface area contributed by atoms with E-state index in [2.05, 4.69) is 25.8 Å². The second kappa shape index (κ2) is 3.43. The van der Waals surface area contributed by atoms with Gasteiger partial charge in [-0.3, -0.25) is 0 Å². The van der Waals surface area contributed by atoms with Crippen LogP contribution in [0.5, 0.6) is 0 Å². The molecular weight excluding hydrogens is 268 g/mol. The van der Waals surface area contributed by atoms with Crippen LogP contribution in [0.2, 0.25) is 0 Å². The van der Waals surface area contributed by atoms with Gasteiger partial charge in [0, 0.05) is 12.5 Å². The molecule has 0 saturated carbocycles. The van der Waals surface area contributed by atoms with Crippen molar-refractivity contribution < 1.29 is 8.42 Å². The molecule has 0 aromatic heterocycles. The van der Waals surface area contributed by atoms with Gasteiger partial charge >= 0.3 is 0 Å². The average molecular weight is 279 g/mol. The van der Waals surface area contributed by atoms with Gasteiger partial charge in [-0.25, -0.2) is 13.4 Å². The standard InChI is InChI=1S/C8H11BrN2O2S/c1-11-3-2-6(5-11)8-10-4-7(9)14(8,12)13/h4,6H,2-3,5H2,1H3. The van der Waals surface area contributed by atoms with Gasteiger partial charge < -0.3 is 4.90 Å². The molecule has 14 heavy (non-hydrogen) atoms. The highest BCUT2D eigenvalue weighted by atomic mass is 79.9. The molecule has 0 N–H and O–H groups in total. The molecule has 2 rings (SSSR count). The molecule has 0 spiro atoms. The molecule has 1 unspecified atom stereocenters. The Labute approximate surface area is 91.7 Å². The van der Waals surface area contributed by atoms with Gasteiger partial charge in [0.1, 0.15) is 8.86 Å². The van der Waals surface area contributed by atoms with Crippen molar-refractivity contribution in [2.24, 2.45) is 10.9 Å². The zero-order valence-electron chi connectivity index (χ0n) is 7.77. The zero-order chi connectivity index (χ0) is 10.3.